The van der Waals surface area contributed by atoms with E-state index in [9.17, 15) is 18.0 Å². The molecular formula is C17H14F3NO. The molecule has 0 aromatic heterocycles. The third-order valence-electron chi connectivity index (χ3n) is 2.97. The molecule has 0 bridgehead atoms. The number of halogens is 3. The Morgan fingerprint density at radius 1 is 1.00 bits per heavy atom. The molecule has 0 amide bonds. The summed E-state index contributed by atoms with van der Waals surface area (Å²) in [4.78, 5) is 11.9. The van der Waals surface area contributed by atoms with Crippen molar-refractivity contribution in [3.63, 3.8) is 0 Å². The molecule has 2 nitrogen and oxygen atoms in total. The normalized spacial score (nSPS) is 12.1. The summed E-state index contributed by atoms with van der Waals surface area (Å²) in [5.74, 6) is -0.701. The highest BCUT2D eigenvalue weighted by atomic mass is 19.4. The molecule has 2 rings (SSSR count). The van der Waals surface area contributed by atoms with Crippen molar-refractivity contribution in [2.75, 3.05) is 5.32 Å². The van der Waals surface area contributed by atoms with Gasteiger partial charge in [0.25, 0.3) is 0 Å². The van der Waals surface area contributed by atoms with Crippen LogP contribution in [0.5, 0.6) is 0 Å². The van der Waals surface area contributed by atoms with E-state index < -0.39 is 17.7 Å². The Morgan fingerprint density at radius 3 is 2.14 bits per heavy atom. The summed E-state index contributed by atoms with van der Waals surface area (Å²) in [7, 11) is 0. The first kappa shape index (κ1) is 15.8. The fraction of sp³-hybridized carbons (Fsp3) is 0.118. The van der Waals surface area contributed by atoms with Crippen LogP contribution < -0.4 is 5.32 Å². The number of aryl methyl sites for hydroxylation is 1. The lowest BCUT2D eigenvalue weighted by molar-refractivity contribution is -0.0903. The fourth-order valence-electron chi connectivity index (χ4n) is 1.80. The van der Waals surface area contributed by atoms with E-state index in [1.807, 2.05) is 6.92 Å². The van der Waals surface area contributed by atoms with Crippen LogP contribution in [0.15, 0.2) is 66.4 Å². The zero-order chi connectivity index (χ0) is 16.2. The van der Waals surface area contributed by atoms with Crippen molar-refractivity contribution in [3.8, 4) is 0 Å². The first-order chi connectivity index (χ1) is 10.4. The summed E-state index contributed by atoms with van der Waals surface area (Å²) in [5.41, 5.74) is 0.318. The van der Waals surface area contributed by atoms with Crippen molar-refractivity contribution in [2.24, 2.45) is 0 Å². The van der Waals surface area contributed by atoms with E-state index in [1.54, 1.807) is 30.3 Å². The van der Waals surface area contributed by atoms with Gasteiger partial charge in [-0.3, -0.25) is 4.79 Å². The van der Waals surface area contributed by atoms with Gasteiger partial charge in [-0.1, -0.05) is 48.0 Å². The van der Waals surface area contributed by atoms with E-state index in [2.05, 4.69) is 5.32 Å². The second kappa shape index (κ2) is 6.47. The Hall–Kier alpha value is -2.56. The van der Waals surface area contributed by atoms with Gasteiger partial charge in [-0.25, -0.2) is 0 Å². The molecule has 0 fully saturated rings. The van der Waals surface area contributed by atoms with Crippen LogP contribution in [0.3, 0.4) is 0 Å². The molecule has 2 aromatic rings. The summed E-state index contributed by atoms with van der Waals surface area (Å²) in [6, 6.07) is 14.3. The molecule has 0 saturated heterocycles. The number of hydrogen-bond donors (Lipinski definition) is 1. The highest BCUT2D eigenvalue weighted by Crippen LogP contribution is 2.27. The van der Waals surface area contributed by atoms with Crippen molar-refractivity contribution in [2.45, 2.75) is 13.1 Å². The Kier molecular flexibility index (Phi) is 4.65. The van der Waals surface area contributed by atoms with Gasteiger partial charge in [0.2, 0.25) is 0 Å². The summed E-state index contributed by atoms with van der Waals surface area (Å²) >= 11 is 0. The monoisotopic (exact) mass is 305 g/mol. The maximum atomic E-state index is 13.1. The first-order valence-electron chi connectivity index (χ1n) is 6.58. The van der Waals surface area contributed by atoms with Crippen molar-refractivity contribution in [1.82, 2.24) is 0 Å². The summed E-state index contributed by atoms with van der Waals surface area (Å²) in [5, 5.41) is 2.26. The average molecular weight is 305 g/mol. The van der Waals surface area contributed by atoms with Gasteiger partial charge in [0, 0.05) is 17.3 Å². The second-order valence-electron chi connectivity index (χ2n) is 4.78. The molecule has 0 saturated carbocycles. The molecule has 2 aromatic carbocycles. The predicted molar refractivity (Wildman–Crippen MR) is 79.7 cm³/mol. The Morgan fingerprint density at radius 2 is 1.59 bits per heavy atom. The lowest BCUT2D eigenvalue weighted by Crippen LogP contribution is -2.20. The quantitative estimate of drug-likeness (QED) is 0.653. The third kappa shape index (κ3) is 4.22. The van der Waals surface area contributed by atoms with E-state index >= 15 is 0 Å². The predicted octanol–water partition coefficient (Wildman–Crippen LogP) is 4.74. The lowest BCUT2D eigenvalue weighted by atomic mass is 10.1. The first-order valence-corrected chi connectivity index (χ1v) is 6.58. The van der Waals surface area contributed by atoms with Crippen molar-refractivity contribution in [1.29, 1.82) is 0 Å². The van der Waals surface area contributed by atoms with Gasteiger partial charge in [-0.2, -0.15) is 13.2 Å². The van der Waals surface area contributed by atoms with Crippen LogP contribution in [-0.4, -0.2) is 12.0 Å². The Labute approximate surface area is 126 Å². The smallest absolute Gasteiger partial charge is 0.351 e. The molecule has 0 aliphatic rings. The molecule has 0 radical (unpaired) electrons. The number of ketones is 1. The summed E-state index contributed by atoms with van der Waals surface area (Å²) in [6.45, 7) is 1.84. The number of nitrogens with one attached hydrogen (secondary N) is 1. The molecule has 0 aliphatic carbocycles. The largest absolute Gasteiger partial charge is 0.431 e. The number of anilines is 1. The number of carbonyl (C=O) groups excluding carboxylic acids is 1. The van der Waals surface area contributed by atoms with Crippen molar-refractivity contribution < 1.29 is 18.0 Å². The number of rotatable bonds is 4. The van der Waals surface area contributed by atoms with Crippen LogP contribution in [-0.2, 0) is 0 Å². The minimum atomic E-state index is -4.64. The van der Waals surface area contributed by atoms with Gasteiger partial charge in [-0.05, 0) is 19.1 Å². The Bertz CT molecular complexity index is 673. The zero-order valence-electron chi connectivity index (χ0n) is 11.8. The molecule has 0 aliphatic heterocycles. The maximum absolute atomic E-state index is 13.1. The second-order valence-corrected chi connectivity index (χ2v) is 4.78. The molecule has 0 atom stereocenters. The minimum Gasteiger partial charge on any atom is -0.351 e. The van der Waals surface area contributed by atoms with Gasteiger partial charge in [-0.15, -0.1) is 0 Å². The minimum absolute atomic E-state index is 0.204. The molecule has 1 N–H and O–H groups in total. The van der Waals surface area contributed by atoms with Crippen LogP contribution >= 0.6 is 0 Å². The maximum Gasteiger partial charge on any atom is 0.431 e. The average Bonchev–Trinajstić information content (AvgIpc) is 2.48. The standard InChI is InChI=1S/C17H14F3NO/c1-12-7-9-14(10-8-12)21-16(17(18,19)20)11-15(22)13-5-3-2-4-6-13/h2-11,21H,1H3/b16-11+. The van der Waals surface area contributed by atoms with Gasteiger partial charge in [0.1, 0.15) is 5.70 Å². The molecule has 114 valence electrons. The van der Waals surface area contributed by atoms with E-state index in [0.717, 1.165) is 5.56 Å². The van der Waals surface area contributed by atoms with Crippen molar-refractivity contribution in [3.05, 3.63) is 77.5 Å². The third-order valence-corrected chi connectivity index (χ3v) is 2.97. The van der Waals surface area contributed by atoms with Crippen LogP contribution in [0.25, 0.3) is 0 Å². The topological polar surface area (TPSA) is 29.1 Å². The fourth-order valence-corrected chi connectivity index (χ4v) is 1.80. The van der Waals surface area contributed by atoms with E-state index in [-0.39, 0.29) is 11.3 Å². The number of alkyl halides is 3. The summed E-state index contributed by atoms with van der Waals surface area (Å²) in [6.07, 6.45) is -4.06. The molecule has 22 heavy (non-hydrogen) atoms. The highest BCUT2D eigenvalue weighted by molar-refractivity contribution is 6.05. The van der Waals surface area contributed by atoms with Gasteiger partial charge in [0.05, 0.1) is 0 Å². The van der Waals surface area contributed by atoms with Gasteiger partial charge >= 0.3 is 6.18 Å². The van der Waals surface area contributed by atoms with Gasteiger partial charge in [0.15, 0.2) is 5.78 Å². The molecule has 0 heterocycles. The van der Waals surface area contributed by atoms with Crippen LogP contribution in [0.4, 0.5) is 18.9 Å². The summed E-state index contributed by atoms with van der Waals surface area (Å²) < 4.78 is 39.2. The number of allylic oxidation sites excluding steroid dienone is 2. The molecular weight excluding hydrogens is 291 g/mol. The van der Waals surface area contributed by atoms with E-state index in [1.165, 1.54) is 24.3 Å². The van der Waals surface area contributed by atoms with E-state index in [4.69, 9.17) is 0 Å². The molecule has 0 unspecified atom stereocenters. The van der Waals surface area contributed by atoms with Gasteiger partial charge < -0.3 is 5.32 Å². The van der Waals surface area contributed by atoms with Crippen LogP contribution in [0.2, 0.25) is 0 Å². The Balaban J connectivity index is 2.28. The lowest BCUT2D eigenvalue weighted by Gasteiger charge is -2.14. The molecule has 5 heteroatoms. The SMILES string of the molecule is Cc1ccc(N/C(=C/C(=O)c2ccccc2)C(F)(F)F)cc1. The van der Waals surface area contributed by atoms with Crippen LogP contribution in [0.1, 0.15) is 15.9 Å². The zero-order valence-corrected chi connectivity index (χ0v) is 11.8. The van der Waals surface area contributed by atoms with Crippen molar-refractivity contribution >= 4 is 11.5 Å². The van der Waals surface area contributed by atoms with E-state index in [0.29, 0.717) is 6.08 Å². The van der Waals surface area contributed by atoms with Crippen LogP contribution in [0, 0.1) is 6.92 Å². The highest BCUT2D eigenvalue weighted by Gasteiger charge is 2.34. The molecule has 0 spiro atoms. The number of hydrogen-bond acceptors (Lipinski definition) is 2. The number of benzene rings is 2. The number of carbonyl (C=O) groups is 1.